The van der Waals surface area contributed by atoms with Crippen LogP contribution in [0.3, 0.4) is 0 Å². The van der Waals surface area contributed by atoms with Crippen LogP contribution in [0.4, 0.5) is 4.79 Å². The van der Waals surface area contributed by atoms with Crippen LogP contribution in [0.2, 0.25) is 0 Å². The fourth-order valence-electron chi connectivity index (χ4n) is 2.96. The molecule has 2 aromatic rings. The molecule has 2 rings (SSSR count). The van der Waals surface area contributed by atoms with Crippen LogP contribution < -0.4 is 10.6 Å². The van der Waals surface area contributed by atoms with Crippen LogP contribution >= 0.6 is 0 Å². The molecular weight excluding hydrogens is 374 g/mol. The topological polar surface area (TPSA) is 98.7 Å². The number of carbonyl (C=O) groups excluding carboxylic acids is 3. The molecule has 1 heterocycles. The molecule has 8 heteroatoms. The van der Waals surface area contributed by atoms with E-state index in [9.17, 15) is 14.4 Å². The second-order valence-electron chi connectivity index (χ2n) is 7.71. The van der Waals surface area contributed by atoms with Crippen molar-refractivity contribution in [3.05, 3.63) is 36.0 Å². The molecule has 0 aliphatic heterocycles. The number of aromatic nitrogens is 1. The van der Waals surface area contributed by atoms with Gasteiger partial charge in [-0.25, -0.2) is 9.59 Å². The molecule has 1 aromatic carbocycles. The van der Waals surface area contributed by atoms with Gasteiger partial charge in [0.1, 0.15) is 18.2 Å². The Labute approximate surface area is 170 Å². The minimum atomic E-state index is -0.867. The number of aryl methyl sites for hydroxylation is 1. The number of nitrogens with one attached hydrogen (secondary N) is 2. The molecular formula is C21H29N3O5. The first-order valence-electron chi connectivity index (χ1n) is 9.56. The average molecular weight is 403 g/mol. The zero-order chi connectivity index (χ0) is 21.6. The number of ether oxygens (including phenoxy) is 2. The first kappa shape index (κ1) is 22.3. The predicted octanol–water partition coefficient (Wildman–Crippen LogP) is 2.29. The predicted molar refractivity (Wildman–Crippen MR) is 109 cm³/mol. The van der Waals surface area contributed by atoms with Gasteiger partial charge in [0.05, 0.1) is 6.61 Å². The summed E-state index contributed by atoms with van der Waals surface area (Å²) in [4.78, 5) is 36.4. The van der Waals surface area contributed by atoms with Crippen LogP contribution in [-0.2, 0) is 32.5 Å². The summed E-state index contributed by atoms with van der Waals surface area (Å²) in [6.07, 6.45) is 1.51. The summed E-state index contributed by atoms with van der Waals surface area (Å²) >= 11 is 0. The number of alkyl carbamates (subject to hydrolysis) is 1. The van der Waals surface area contributed by atoms with Gasteiger partial charge in [-0.05, 0) is 39.3 Å². The Morgan fingerprint density at radius 1 is 1.17 bits per heavy atom. The Kier molecular flexibility index (Phi) is 7.25. The van der Waals surface area contributed by atoms with E-state index in [-0.39, 0.29) is 19.6 Å². The van der Waals surface area contributed by atoms with Crippen molar-refractivity contribution >= 4 is 28.9 Å². The van der Waals surface area contributed by atoms with Crippen LogP contribution in [0.25, 0.3) is 10.9 Å². The standard InChI is InChI=1S/C21H29N3O5/c1-6-28-19(26)16(23-18(25)12-22-20(27)29-21(2,3)4)11-14-13-24(5)17-10-8-7-9-15(14)17/h7-10,13,16H,6,11-12H2,1-5H3,(H,22,27)(H,23,25). The number of carbonyl (C=O) groups is 3. The number of nitrogens with zero attached hydrogens (tertiary/aromatic N) is 1. The molecule has 0 fully saturated rings. The maximum absolute atomic E-state index is 12.4. The third kappa shape index (κ3) is 6.51. The lowest BCUT2D eigenvalue weighted by Crippen LogP contribution is -2.47. The Morgan fingerprint density at radius 2 is 1.86 bits per heavy atom. The van der Waals surface area contributed by atoms with Crippen LogP contribution in [0.1, 0.15) is 33.3 Å². The first-order chi connectivity index (χ1) is 13.6. The number of rotatable bonds is 7. The molecule has 0 saturated carbocycles. The molecule has 0 aliphatic carbocycles. The van der Waals surface area contributed by atoms with E-state index in [1.54, 1.807) is 27.7 Å². The third-order valence-electron chi connectivity index (χ3n) is 4.10. The summed E-state index contributed by atoms with van der Waals surface area (Å²) < 4.78 is 12.2. The average Bonchev–Trinajstić information content (AvgIpc) is 2.94. The molecule has 0 bridgehead atoms. The number of fused-ring (bicyclic) bond motifs is 1. The maximum atomic E-state index is 12.4. The lowest BCUT2D eigenvalue weighted by Gasteiger charge is -2.20. The van der Waals surface area contributed by atoms with E-state index in [4.69, 9.17) is 9.47 Å². The van der Waals surface area contributed by atoms with Crippen molar-refractivity contribution in [3.8, 4) is 0 Å². The molecule has 1 atom stereocenters. The fraction of sp³-hybridized carbons (Fsp3) is 0.476. The molecule has 0 saturated heterocycles. The Balaban J connectivity index is 2.07. The highest BCUT2D eigenvalue weighted by atomic mass is 16.6. The van der Waals surface area contributed by atoms with E-state index in [2.05, 4.69) is 10.6 Å². The molecule has 29 heavy (non-hydrogen) atoms. The minimum Gasteiger partial charge on any atom is -0.464 e. The lowest BCUT2D eigenvalue weighted by atomic mass is 10.0. The van der Waals surface area contributed by atoms with Gasteiger partial charge in [0.15, 0.2) is 0 Å². The van der Waals surface area contributed by atoms with Gasteiger partial charge in [0.25, 0.3) is 0 Å². The van der Waals surface area contributed by atoms with E-state index in [0.717, 1.165) is 16.5 Å². The molecule has 1 unspecified atom stereocenters. The number of para-hydroxylation sites is 1. The summed E-state index contributed by atoms with van der Waals surface area (Å²) in [5, 5.41) is 6.04. The van der Waals surface area contributed by atoms with Crippen LogP contribution in [0.15, 0.2) is 30.5 Å². The molecule has 0 aliphatic rings. The van der Waals surface area contributed by atoms with Crippen molar-refractivity contribution in [2.24, 2.45) is 7.05 Å². The van der Waals surface area contributed by atoms with Gasteiger partial charge < -0.3 is 24.7 Å². The maximum Gasteiger partial charge on any atom is 0.408 e. The van der Waals surface area contributed by atoms with Crippen molar-refractivity contribution in [3.63, 3.8) is 0 Å². The van der Waals surface area contributed by atoms with Crippen LogP contribution in [0, 0.1) is 0 Å². The third-order valence-corrected chi connectivity index (χ3v) is 4.10. The first-order valence-corrected chi connectivity index (χ1v) is 9.56. The highest BCUT2D eigenvalue weighted by molar-refractivity contribution is 5.89. The second kappa shape index (κ2) is 9.45. The molecule has 2 amide bonds. The highest BCUT2D eigenvalue weighted by Crippen LogP contribution is 2.21. The number of esters is 1. The SMILES string of the molecule is CCOC(=O)C(Cc1cn(C)c2ccccc12)NC(=O)CNC(=O)OC(C)(C)C. The molecule has 158 valence electrons. The summed E-state index contributed by atoms with van der Waals surface area (Å²) in [6, 6.07) is 6.96. The van der Waals surface area contributed by atoms with Crippen molar-refractivity contribution in [1.82, 2.24) is 15.2 Å². The van der Waals surface area contributed by atoms with E-state index in [1.165, 1.54) is 0 Å². The van der Waals surface area contributed by atoms with Crippen molar-refractivity contribution in [2.45, 2.75) is 45.8 Å². The van der Waals surface area contributed by atoms with Gasteiger partial charge in [-0.1, -0.05) is 18.2 Å². The van der Waals surface area contributed by atoms with Gasteiger partial charge in [-0.3, -0.25) is 4.79 Å². The minimum absolute atomic E-state index is 0.205. The molecule has 2 N–H and O–H groups in total. The quantitative estimate of drug-likeness (QED) is 0.691. The zero-order valence-electron chi connectivity index (χ0n) is 17.6. The summed E-state index contributed by atoms with van der Waals surface area (Å²) in [6.45, 7) is 6.80. The number of amides is 2. The Bertz CT molecular complexity index is 882. The zero-order valence-corrected chi connectivity index (χ0v) is 17.6. The van der Waals surface area contributed by atoms with Crippen LogP contribution in [0.5, 0.6) is 0 Å². The van der Waals surface area contributed by atoms with Crippen LogP contribution in [-0.4, -0.2) is 47.3 Å². The van der Waals surface area contributed by atoms with Gasteiger partial charge >= 0.3 is 12.1 Å². The summed E-state index contributed by atoms with van der Waals surface area (Å²) in [5.74, 6) is -1.03. The summed E-state index contributed by atoms with van der Waals surface area (Å²) in [5.41, 5.74) is 1.28. The van der Waals surface area contributed by atoms with E-state index >= 15 is 0 Å². The largest absolute Gasteiger partial charge is 0.464 e. The van der Waals surface area contributed by atoms with E-state index in [1.807, 2.05) is 42.1 Å². The van der Waals surface area contributed by atoms with Gasteiger partial charge in [-0.2, -0.15) is 0 Å². The van der Waals surface area contributed by atoms with Gasteiger partial charge in [0, 0.05) is 30.6 Å². The number of benzene rings is 1. The van der Waals surface area contributed by atoms with E-state index in [0.29, 0.717) is 0 Å². The van der Waals surface area contributed by atoms with Crippen molar-refractivity contribution in [2.75, 3.05) is 13.2 Å². The second-order valence-corrected chi connectivity index (χ2v) is 7.71. The molecule has 0 spiro atoms. The Morgan fingerprint density at radius 3 is 2.52 bits per heavy atom. The highest BCUT2D eigenvalue weighted by Gasteiger charge is 2.25. The van der Waals surface area contributed by atoms with Crippen molar-refractivity contribution in [1.29, 1.82) is 0 Å². The summed E-state index contributed by atoms with van der Waals surface area (Å²) in [7, 11) is 1.93. The number of hydrogen-bond acceptors (Lipinski definition) is 5. The molecule has 1 aromatic heterocycles. The smallest absolute Gasteiger partial charge is 0.408 e. The normalized spacial score (nSPS) is 12.3. The van der Waals surface area contributed by atoms with Gasteiger partial charge in [0.2, 0.25) is 5.91 Å². The monoisotopic (exact) mass is 403 g/mol. The molecule has 0 radical (unpaired) electrons. The number of hydrogen-bond donors (Lipinski definition) is 2. The molecule has 8 nitrogen and oxygen atoms in total. The van der Waals surface area contributed by atoms with E-state index < -0.39 is 29.6 Å². The van der Waals surface area contributed by atoms with Crippen molar-refractivity contribution < 1.29 is 23.9 Å². The Hall–Kier alpha value is -3.03. The fourth-order valence-corrected chi connectivity index (χ4v) is 2.96. The van der Waals surface area contributed by atoms with Gasteiger partial charge in [-0.15, -0.1) is 0 Å². The lowest BCUT2D eigenvalue weighted by molar-refractivity contribution is -0.147.